The van der Waals surface area contributed by atoms with Gasteiger partial charge >= 0.3 is 0 Å². The molecule has 0 spiro atoms. The molecule has 2 aliphatic heterocycles. The average Bonchev–Trinajstić information content (AvgIpc) is 3.04. The van der Waals surface area contributed by atoms with Gasteiger partial charge in [-0.3, -0.25) is 4.90 Å². The van der Waals surface area contributed by atoms with Gasteiger partial charge < -0.3 is 34.5 Å². The number of para-hydroxylation sites is 1. The highest BCUT2D eigenvalue weighted by Crippen LogP contribution is 2.39. The van der Waals surface area contributed by atoms with Crippen LogP contribution in [0.2, 0.25) is 5.02 Å². The van der Waals surface area contributed by atoms with E-state index in [-0.39, 0.29) is 0 Å². The van der Waals surface area contributed by atoms with Crippen molar-refractivity contribution in [3.8, 4) is 11.5 Å². The van der Waals surface area contributed by atoms with E-state index in [4.69, 9.17) is 30.8 Å². The second kappa shape index (κ2) is 15.1. The SMILES string of the molecule is CCCc1cc(Nc2ncc(Cl)c(Nc3cccc(OC)c3NSC)n2)c(OC)cc1N1CCC(N2CCOCC2)CC1. The van der Waals surface area contributed by atoms with Crippen LogP contribution in [0.25, 0.3) is 0 Å². The predicted octanol–water partition coefficient (Wildman–Crippen LogP) is 6.58. The Balaban J connectivity index is 1.36. The van der Waals surface area contributed by atoms with Crippen molar-refractivity contribution < 1.29 is 14.2 Å². The second-order valence-electron chi connectivity index (χ2n) is 10.6. The summed E-state index contributed by atoms with van der Waals surface area (Å²) in [5.74, 6) is 2.34. The normalized spacial score (nSPS) is 16.2. The Bertz CT molecular complexity index is 1370. The standard InChI is InChI=1S/C31H42ClN7O3S/c1-5-7-21-18-25(28(41-3)19-26(21)39-12-10-22(11-13-39)38-14-16-42-17-15-38)35-31-33-20-23(32)30(36-31)34-24-8-6-9-27(40-2)29(24)37-43-4/h6,8-9,18-20,22,37H,5,7,10-17H2,1-4H3,(H2,33,34,35,36). The lowest BCUT2D eigenvalue weighted by Crippen LogP contribution is -2.49. The first kappa shape index (κ1) is 31.3. The van der Waals surface area contributed by atoms with Gasteiger partial charge in [-0.1, -0.05) is 43.0 Å². The topological polar surface area (TPSA) is 96.0 Å². The molecule has 12 heteroatoms. The van der Waals surface area contributed by atoms with Crippen molar-refractivity contribution in [2.75, 3.05) is 80.1 Å². The average molecular weight is 628 g/mol. The number of hydrogen-bond donors (Lipinski definition) is 3. The summed E-state index contributed by atoms with van der Waals surface area (Å²) < 4.78 is 20.3. The molecule has 2 aromatic carbocycles. The summed E-state index contributed by atoms with van der Waals surface area (Å²) in [6.45, 7) is 8.05. The number of halogens is 1. The van der Waals surface area contributed by atoms with Crippen LogP contribution in [0.5, 0.6) is 11.5 Å². The summed E-state index contributed by atoms with van der Waals surface area (Å²) in [5.41, 5.74) is 4.93. The molecule has 2 aliphatic rings. The molecule has 3 aromatic rings. The van der Waals surface area contributed by atoms with Gasteiger partial charge in [0.1, 0.15) is 22.2 Å². The highest BCUT2D eigenvalue weighted by Gasteiger charge is 2.27. The minimum atomic E-state index is 0.401. The van der Waals surface area contributed by atoms with Crippen LogP contribution in [0, 0.1) is 0 Å². The molecule has 10 nitrogen and oxygen atoms in total. The van der Waals surface area contributed by atoms with Crippen molar-refractivity contribution >= 4 is 58.1 Å². The first-order chi connectivity index (χ1) is 21.0. The van der Waals surface area contributed by atoms with E-state index >= 15 is 0 Å². The minimum absolute atomic E-state index is 0.401. The highest BCUT2D eigenvalue weighted by atomic mass is 35.5. The summed E-state index contributed by atoms with van der Waals surface area (Å²) in [7, 11) is 3.34. The molecule has 0 bridgehead atoms. The molecule has 0 radical (unpaired) electrons. The quantitative estimate of drug-likeness (QED) is 0.190. The van der Waals surface area contributed by atoms with E-state index < -0.39 is 0 Å². The first-order valence-corrected chi connectivity index (χ1v) is 16.4. The number of morpholine rings is 1. The number of nitrogens with zero attached hydrogens (tertiary/aromatic N) is 4. The van der Waals surface area contributed by atoms with Crippen LogP contribution in [0.4, 0.5) is 34.5 Å². The zero-order valence-electron chi connectivity index (χ0n) is 25.4. The zero-order chi connectivity index (χ0) is 30.2. The van der Waals surface area contributed by atoms with E-state index in [0.717, 1.165) is 87.9 Å². The van der Waals surface area contributed by atoms with Gasteiger partial charge in [0.2, 0.25) is 5.95 Å². The number of ether oxygens (including phenoxy) is 3. The predicted molar refractivity (Wildman–Crippen MR) is 178 cm³/mol. The van der Waals surface area contributed by atoms with E-state index in [2.05, 4.69) is 49.2 Å². The van der Waals surface area contributed by atoms with Gasteiger partial charge in [-0.25, -0.2) is 4.98 Å². The lowest BCUT2D eigenvalue weighted by molar-refractivity contribution is 0.0115. The number of rotatable bonds is 12. The van der Waals surface area contributed by atoms with Crippen LogP contribution in [0.3, 0.4) is 0 Å². The lowest BCUT2D eigenvalue weighted by Gasteiger charge is -2.41. The van der Waals surface area contributed by atoms with Gasteiger partial charge in [0, 0.05) is 50.2 Å². The molecule has 2 saturated heterocycles. The first-order valence-electron chi connectivity index (χ1n) is 14.8. The smallest absolute Gasteiger partial charge is 0.229 e. The Morgan fingerprint density at radius 3 is 2.49 bits per heavy atom. The van der Waals surface area contributed by atoms with Gasteiger partial charge in [0.05, 0.1) is 45.0 Å². The number of piperidine rings is 1. The van der Waals surface area contributed by atoms with Gasteiger partial charge in [0.15, 0.2) is 5.82 Å². The third-order valence-corrected chi connectivity index (χ3v) is 8.67. The summed E-state index contributed by atoms with van der Waals surface area (Å²) in [6, 6.07) is 10.7. The van der Waals surface area contributed by atoms with Gasteiger partial charge in [-0.05, 0) is 43.0 Å². The van der Waals surface area contributed by atoms with Gasteiger partial charge in [-0.15, -0.1) is 0 Å². The van der Waals surface area contributed by atoms with Gasteiger partial charge in [0.25, 0.3) is 0 Å². The number of hydrogen-bond acceptors (Lipinski definition) is 11. The molecule has 0 aliphatic carbocycles. The minimum Gasteiger partial charge on any atom is -0.494 e. The molecule has 0 unspecified atom stereocenters. The Morgan fingerprint density at radius 1 is 1.02 bits per heavy atom. The fourth-order valence-corrected chi connectivity index (χ4v) is 6.39. The van der Waals surface area contributed by atoms with E-state index in [1.165, 1.54) is 23.2 Å². The molecule has 1 aromatic heterocycles. The largest absolute Gasteiger partial charge is 0.494 e. The van der Waals surface area contributed by atoms with E-state index in [1.807, 2.05) is 24.5 Å². The Hall–Kier alpha value is -3.12. The maximum absolute atomic E-state index is 6.53. The molecule has 0 amide bonds. The molecule has 43 heavy (non-hydrogen) atoms. The van der Waals surface area contributed by atoms with Crippen LogP contribution in [0.15, 0.2) is 36.5 Å². The van der Waals surface area contributed by atoms with Crippen LogP contribution >= 0.6 is 23.5 Å². The number of anilines is 6. The monoisotopic (exact) mass is 627 g/mol. The van der Waals surface area contributed by atoms with Gasteiger partial charge in [-0.2, -0.15) is 4.98 Å². The zero-order valence-corrected chi connectivity index (χ0v) is 27.0. The summed E-state index contributed by atoms with van der Waals surface area (Å²) >= 11 is 8.01. The molecule has 0 saturated carbocycles. The highest BCUT2D eigenvalue weighted by molar-refractivity contribution is 7.99. The molecule has 0 atom stereocenters. The number of nitrogens with one attached hydrogen (secondary N) is 3. The maximum Gasteiger partial charge on any atom is 0.229 e. The third kappa shape index (κ3) is 7.52. The second-order valence-corrected chi connectivity index (χ2v) is 11.6. The molecular formula is C31H42ClN7O3S. The third-order valence-electron chi connectivity index (χ3n) is 7.98. The molecule has 5 rings (SSSR count). The van der Waals surface area contributed by atoms with Crippen LogP contribution in [-0.2, 0) is 11.2 Å². The number of aryl methyl sites for hydroxylation is 1. The van der Waals surface area contributed by atoms with Crippen molar-refractivity contribution in [3.05, 3.63) is 47.1 Å². The van der Waals surface area contributed by atoms with Crippen molar-refractivity contribution in [3.63, 3.8) is 0 Å². The summed E-state index contributed by atoms with van der Waals surface area (Å²) in [6.07, 6.45) is 7.87. The van der Waals surface area contributed by atoms with Crippen LogP contribution in [-0.4, -0.2) is 80.8 Å². The van der Waals surface area contributed by atoms with E-state index in [1.54, 1.807) is 20.4 Å². The molecule has 232 valence electrons. The molecular weight excluding hydrogens is 586 g/mol. The summed E-state index contributed by atoms with van der Waals surface area (Å²) in [4.78, 5) is 14.3. The Morgan fingerprint density at radius 2 is 1.79 bits per heavy atom. The van der Waals surface area contributed by atoms with Crippen molar-refractivity contribution in [2.24, 2.45) is 0 Å². The van der Waals surface area contributed by atoms with Crippen molar-refractivity contribution in [1.29, 1.82) is 0 Å². The lowest BCUT2D eigenvalue weighted by atomic mass is 9.99. The number of benzene rings is 2. The molecule has 3 N–H and O–H groups in total. The van der Waals surface area contributed by atoms with Crippen LogP contribution < -0.4 is 29.7 Å². The Kier molecular flexibility index (Phi) is 11.0. The van der Waals surface area contributed by atoms with E-state index in [0.29, 0.717) is 28.6 Å². The molecule has 3 heterocycles. The van der Waals surface area contributed by atoms with E-state index in [9.17, 15) is 0 Å². The Labute approximate surface area is 264 Å². The summed E-state index contributed by atoms with van der Waals surface area (Å²) in [5, 5.41) is 7.13. The van der Waals surface area contributed by atoms with Crippen molar-refractivity contribution in [1.82, 2.24) is 14.9 Å². The number of aromatic nitrogens is 2. The fourth-order valence-electron chi connectivity index (χ4n) is 5.83. The molecule has 2 fully saturated rings. The van der Waals surface area contributed by atoms with Crippen LogP contribution in [0.1, 0.15) is 31.7 Å². The fraction of sp³-hybridized carbons (Fsp3) is 0.484. The number of methoxy groups -OCH3 is 2. The maximum atomic E-state index is 6.53. The van der Waals surface area contributed by atoms with Crippen molar-refractivity contribution in [2.45, 2.75) is 38.6 Å².